The summed E-state index contributed by atoms with van der Waals surface area (Å²) in [4.78, 5) is 14.5. The lowest BCUT2D eigenvalue weighted by Gasteiger charge is -2.36. The monoisotopic (exact) mass is 409 g/mol. The number of hydrogen-bond acceptors (Lipinski definition) is 5. The number of hydrogen-bond donors (Lipinski definition) is 1. The van der Waals surface area contributed by atoms with Crippen LogP contribution in [0.4, 0.5) is 17.5 Å². The van der Waals surface area contributed by atoms with Crippen LogP contribution in [0.25, 0.3) is 10.9 Å². The molecule has 4 aromatic rings. The number of para-hydroxylation sites is 2. The fourth-order valence-corrected chi connectivity index (χ4v) is 4.11. The minimum Gasteiger partial charge on any atom is -0.369 e. The van der Waals surface area contributed by atoms with Gasteiger partial charge in [-0.2, -0.15) is 4.98 Å². The molecule has 1 aromatic heterocycles. The van der Waals surface area contributed by atoms with E-state index in [0.717, 1.165) is 61.8 Å². The second kappa shape index (κ2) is 9.04. The third kappa shape index (κ3) is 4.45. The van der Waals surface area contributed by atoms with E-state index < -0.39 is 0 Å². The molecule has 3 aromatic carbocycles. The molecule has 5 nitrogen and oxygen atoms in total. The Morgan fingerprint density at radius 3 is 2.10 bits per heavy atom. The molecule has 1 N–H and O–H groups in total. The molecular weight excluding hydrogens is 382 g/mol. The van der Waals surface area contributed by atoms with Crippen molar-refractivity contribution in [1.29, 1.82) is 0 Å². The number of fused-ring (bicyclic) bond motifs is 1. The SMILES string of the molecule is c1ccc(CCNc2nc(N3CCN(c4ccccc4)CC3)nc3ccccc23)cc1. The highest BCUT2D eigenvalue weighted by atomic mass is 15.3. The Labute approximate surface area is 183 Å². The Balaban J connectivity index is 1.32. The number of aromatic nitrogens is 2. The van der Waals surface area contributed by atoms with Gasteiger partial charge in [0, 0.05) is 43.8 Å². The number of rotatable bonds is 6. The summed E-state index contributed by atoms with van der Waals surface area (Å²) in [6.07, 6.45) is 0.963. The summed E-state index contributed by atoms with van der Waals surface area (Å²) < 4.78 is 0. The van der Waals surface area contributed by atoms with Gasteiger partial charge in [0.05, 0.1) is 5.52 Å². The minimum atomic E-state index is 0.814. The second-order valence-corrected chi connectivity index (χ2v) is 7.86. The Kier molecular flexibility index (Phi) is 5.65. The van der Waals surface area contributed by atoms with Crippen LogP contribution in [-0.4, -0.2) is 42.7 Å². The Bertz CT molecular complexity index is 1120. The van der Waals surface area contributed by atoms with Gasteiger partial charge in [-0.05, 0) is 36.2 Å². The fourth-order valence-electron chi connectivity index (χ4n) is 4.11. The Hall–Kier alpha value is -3.60. The summed E-state index contributed by atoms with van der Waals surface area (Å²) in [7, 11) is 0. The van der Waals surface area contributed by atoms with E-state index in [0.29, 0.717) is 0 Å². The van der Waals surface area contributed by atoms with Crippen LogP contribution in [0.2, 0.25) is 0 Å². The van der Waals surface area contributed by atoms with E-state index in [4.69, 9.17) is 9.97 Å². The van der Waals surface area contributed by atoms with E-state index in [-0.39, 0.29) is 0 Å². The average Bonchev–Trinajstić information content (AvgIpc) is 2.85. The predicted molar refractivity (Wildman–Crippen MR) is 129 cm³/mol. The molecule has 0 spiro atoms. The van der Waals surface area contributed by atoms with Gasteiger partial charge in [-0.3, -0.25) is 0 Å². The molecule has 5 heteroatoms. The smallest absolute Gasteiger partial charge is 0.228 e. The van der Waals surface area contributed by atoms with Gasteiger partial charge in [-0.25, -0.2) is 4.98 Å². The lowest BCUT2D eigenvalue weighted by atomic mass is 10.1. The van der Waals surface area contributed by atoms with Crippen molar-refractivity contribution >= 4 is 28.4 Å². The van der Waals surface area contributed by atoms with Crippen LogP contribution in [-0.2, 0) is 6.42 Å². The van der Waals surface area contributed by atoms with Gasteiger partial charge in [0.2, 0.25) is 5.95 Å². The summed E-state index contributed by atoms with van der Waals surface area (Å²) in [6, 6.07) is 29.4. The summed E-state index contributed by atoms with van der Waals surface area (Å²) in [6.45, 7) is 4.60. The van der Waals surface area contributed by atoms with E-state index in [1.807, 2.05) is 12.1 Å². The molecule has 0 amide bonds. The number of nitrogens with one attached hydrogen (secondary N) is 1. The topological polar surface area (TPSA) is 44.3 Å². The lowest BCUT2D eigenvalue weighted by molar-refractivity contribution is 0.641. The number of piperazine rings is 1. The van der Waals surface area contributed by atoms with Gasteiger partial charge >= 0.3 is 0 Å². The van der Waals surface area contributed by atoms with Gasteiger partial charge in [-0.1, -0.05) is 60.7 Å². The molecule has 1 aliphatic rings. The zero-order chi connectivity index (χ0) is 20.9. The van der Waals surface area contributed by atoms with Crippen LogP contribution in [0.1, 0.15) is 5.56 Å². The molecule has 31 heavy (non-hydrogen) atoms. The summed E-state index contributed by atoms with van der Waals surface area (Å²) in [5, 5.41) is 4.63. The fraction of sp³-hybridized carbons (Fsp3) is 0.231. The van der Waals surface area contributed by atoms with E-state index in [9.17, 15) is 0 Å². The molecule has 0 bridgehead atoms. The van der Waals surface area contributed by atoms with Gasteiger partial charge in [0.25, 0.3) is 0 Å². The summed E-state index contributed by atoms with van der Waals surface area (Å²) in [5.41, 5.74) is 3.59. The minimum absolute atomic E-state index is 0.814. The van der Waals surface area contributed by atoms with Crippen molar-refractivity contribution in [1.82, 2.24) is 9.97 Å². The van der Waals surface area contributed by atoms with Crippen LogP contribution in [0.15, 0.2) is 84.9 Å². The molecule has 0 saturated carbocycles. The molecule has 0 radical (unpaired) electrons. The quantitative estimate of drug-likeness (QED) is 0.504. The Morgan fingerprint density at radius 1 is 0.677 bits per heavy atom. The van der Waals surface area contributed by atoms with Crippen LogP contribution in [0.3, 0.4) is 0 Å². The van der Waals surface area contributed by atoms with Gasteiger partial charge in [-0.15, -0.1) is 0 Å². The zero-order valence-corrected chi connectivity index (χ0v) is 17.6. The van der Waals surface area contributed by atoms with Crippen molar-refractivity contribution in [2.75, 3.05) is 47.8 Å². The highest BCUT2D eigenvalue weighted by Crippen LogP contribution is 2.25. The van der Waals surface area contributed by atoms with Crippen molar-refractivity contribution < 1.29 is 0 Å². The maximum atomic E-state index is 4.94. The average molecular weight is 410 g/mol. The lowest BCUT2D eigenvalue weighted by Crippen LogP contribution is -2.47. The van der Waals surface area contributed by atoms with E-state index in [1.165, 1.54) is 11.3 Å². The standard InChI is InChI=1S/C26H27N5/c1-3-9-21(10-4-1)15-16-27-25-23-13-7-8-14-24(23)28-26(29-25)31-19-17-30(18-20-31)22-11-5-2-6-12-22/h1-14H,15-20H2,(H,27,28,29). The molecule has 156 valence electrons. The van der Waals surface area contributed by atoms with Crippen molar-refractivity contribution in [3.8, 4) is 0 Å². The molecule has 5 rings (SSSR count). The van der Waals surface area contributed by atoms with E-state index in [1.54, 1.807) is 0 Å². The first-order chi connectivity index (χ1) is 15.4. The molecule has 1 aliphatic heterocycles. The first kappa shape index (κ1) is 19.4. The first-order valence-corrected chi connectivity index (χ1v) is 11.0. The van der Waals surface area contributed by atoms with Gasteiger partial charge < -0.3 is 15.1 Å². The van der Waals surface area contributed by atoms with E-state index in [2.05, 4.69) is 87.9 Å². The molecule has 0 aliphatic carbocycles. The molecule has 0 unspecified atom stereocenters. The highest BCUT2D eigenvalue weighted by molar-refractivity contribution is 5.90. The van der Waals surface area contributed by atoms with Crippen LogP contribution >= 0.6 is 0 Å². The highest BCUT2D eigenvalue weighted by Gasteiger charge is 2.20. The van der Waals surface area contributed by atoms with Crippen molar-refractivity contribution in [3.05, 3.63) is 90.5 Å². The number of anilines is 3. The van der Waals surface area contributed by atoms with Crippen LogP contribution in [0, 0.1) is 0 Å². The largest absolute Gasteiger partial charge is 0.369 e. The first-order valence-electron chi connectivity index (χ1n) is 11.0. The molecule has 1 fully saturated rings. The molecule has 0 atom stereocenters. The zero-order valence-electron chi connectivity index (χ0n) is 17.6. The summed E-state index contributed by atoms with van der Waals surface area (Å²) in [5.74, 6) is 1.73. The normalized spacial score (nSPS) is 14.1. The van der Waals surface area contributed by atoms with Crippen LogP contribution in [0.5, 0.6) is 0 Å². The second-order valence-electron chi connectivity index (χ2n) is 7.86. The maximum Gasteiger partial charge on any atom is 0.228 e. The predicted octanol–water partition coefficient (Wildman–Crippen LogP) is 4.61. The van der Waals surface area contributed by atoms with Crippen molar-refractivity contribution in [3.63, 3.8) is 0 Å². The van der Waals surface area contributed by atoms with Crippen LogP contribution < -0.4 is 15.1 Å². The van der Waals surface area contributed by atoms with Crippen molar-refractivity contribution in [2.45, 2.75) is 6.42 Å². The van der Waals surface area contributed by atoms with Gasteiger partial charge in [0.15, 0.2) is 0 Å². The Morgan fingerprint density at radius 2 is 1.32 bits per heavy atom. The van der Waals surface area contributed by atoms with E-state index >= 15 is 0 Å². The molecular formula is C26H27N5. The molecule has 1 saturated heterocycles. The number of benzene rings is 3. The maximum absolute atomic E-state index is 4.94. The molecule has 2 heterocycles. The van der Waals surface area contributed by atoms with Gasteiger partial charge in [0.1, 0.15) is 5.82 Å². The summed E-state index contributed by atoms with van der Waals surface area (Å²) >= 11 is 0. The third-order valence-corrected chi connectivity index (χ3v) is 5.82. The number of nitrogens with zero attached hydrogens (tertiary/aromatic N) is 4. The third-order valence-electron chi connectivity index (χ3n) is 5.82. The van der Waals surface area contributed by atoms with Crippen molar-refractivity contribution in [2.24, 2.45) is 0 Å².